The molecule has 2 aromatic rings. The van der Waals surface area contributed by atoms with Crippen LogP contribution in [-0.2, 0) is 0 Å². The first-order valence-corrected chi connectivity index (χ1v) is 16.3. The van der Waals surface area contributed by atoms with Crippen molar-refractivity contribution in [3.8, 4) is 0 Å². The standard InChI is InChI=1S/C8H11BrSi.C6H4Br2.C2H7ClSi.CH4/c1-10(2)8-5-3-7(9)4-6-8;7-5-1-2-6(8)4-3-5;1-4(2)3;/h3-6,10H,1-2H3;1-4H;4H,1-2H3;1H4. The smallest absolute Gasteiger partial charge is 0.134 e. The minimum atomic E-state index is -0.667. The van der Waals surface area contributed by atoms with E-state index in [1.807, 2.05) is 24.3 Å². The Balaban J connectivity index is 0. The predicted molar refractivity (Wildman–Crippen MR) is 126 cm³/mol. The lowest BCUT2D eigenvalue weighted by Crippen LogP contribution is -2.21. The molecule has 0 N–H and O–H groups in total. The fraction of sp³-hybridized carbons (Fsp3) is 0.294. The first-order chi connectivity index (χ1) is 10.2. The molecule has 0 radical (unpaired) electrons. The van der Waals surface area contributed by atoms with Crippen LogP contribution in [-0.4, -0.2) is 16.9 Å². The van der Waals surface area contributed by atoms with Gasteiger partial charge in [-0.15, -0.1) is 0 Å². The number of halogens is 4. The fourth-order valence-electron chi connectivity index (χ4n) is 1.28. The van der Waals surface area contributed by atoms with Gasteiger partial charge >= 0.3 is 0 Å². The molecule has 0 aliphatic carbocycles. The zero-order chi connectivity index (χ0) is 17.1. The molecule has 0 aliphatic rings. The van der Waals surface area contributed by atoms with Crippen LogP contribution in [0.3, 0.4) is 0 Å². The summed E-state index contributed by atoms with van der Waals surface area (Å²) in [5.41, 5.74) is 0. The molecule has 23 heavy (non-hydrogen) atoms. The Morgan fingerprint density at radius 3 is 1.09 bits per heavy atom. The number of rotatable bonds is 1. The van der Waals surface area contributed by atoms with Crippen molar-refractivity contribution >= 4 is 81.0 Å². The molecule has 0 bridgehead atoms. The lowest BCUT2D eigenvalue weighted by Gasteiger charge is -2.01. The molecule has 6 heteroatoms. The minimum absolute atomic E-state index is 0. The highest BCUT2D eigenvalue weighted by Crippen LogP contribution is 2.14. The minimum Gasteiger partial charge on any atom is -0.172 e. The quantitative estimate of drug-likeness (QED) is 0.255. The Labute approximate surface area is 175 Å². The van der Waals surface area contributed by atoms with E-state index in [1.54, 1.807) is 0 Å². The lowest BCUT2D eigenvalue weighted by atomic mass is 10.4. The molecule has 2 aromatic carbocycles. The van der Waals surface area contributed by atoms with Gasteiger partial charge in [0.2, 0.25) is 0 Å². The van der Waals surface area contributed by atoms with E-state index in [1.165, 1.54) is 9.66 Å². The summed E-state index contributed by atoms with van der Waals surface area (Å²) in [6.45, 7) is 8.82. The van der Waals surface area contributed by atoms with Gasteiger partial charge in [0.05, 0.1) is 8.80 Å². The number of benzene rings is 2. The summed E-state index contributed by atoms with van der Waals surface area (Å²) < 4.78 is 3.40. The van der Waals surface area contributed by atoms with Crippen molar-refractivity contribution in [3.05, 3.63) is 61.9 Å². The molecular formula is C17H26Br3ClSi2. The van der Waals surface area contributed by atoms with E-state index in [2.05, 4.69) is 98.2 Å². The molecule has 0 nitrogen and oxygen atoms in total. The van der Waals surface area contributed by atoms with Gasteiger partial charge in [-0.05, 0) is 36.4 Å². The molecule has 130 valence electrons. The van der Waals surface area contributed by atoms with Crippen molar-refractivity contribution in [3.63, 3.8) is 0 Å². The van der Waals surface area contributed by atoms with Crippen LogP contribution < -0.4 is 5.19 Å². The summed E-state index contributed by atoms with van der Waals surface area (Å²) in [5.74, 6) is 0. The van der Waals surface area contributed by atoms with Crippen molar-refractivity contribution in [2.24, 2.45) is 0 Å². The molecule has 0 heterocycles. The van der Waals surface area contributed by atoms with Crippen molar-refractivity contribution in [2.75, 3.05) is 0 Å². The van der Waals surface area contributed by atoms with Crippen LogP contribution in [0, 0.1) is 0 Å². The first-order valence-electron chi connectivity index (χ1n) is 7.03. The first kappa shape index (κ1) is 25.8. The number of hydrogen-bond acceptors (Lipinski definition) is 0. The molecule has 0 saturated carbocycles. The van der Waals surface area contributed by atoms with Crippen LogP contribution >= 0.6 is 58.9 Å². The van der Waals surface area contributed by atoms with Gasteiger partial charge in [-0.3, -0.25) is 0 Å². The maximum atomic E-state index is 5.41. The fourth-order valence-corrected chi connectivity index (χ4v) is 3.03. The van der Waals surface area contributed by atoms with Crippen LogP contribution in [0.4, 0.5) is 0 Å². The van der Waals surface area contributed by atoms with E-state index in [0.717, 1.165) is 8.95 Å². The summed E-state index contributed by atoms with van der Waals surface area (Å²) in [5, 5.41) is 1.53. The SMILES string of the molecule is Brc1ccc(Br)cc1.C.C[SiH](C)Cl.C[SiH](C)c1ccc(Br)cc1. The van der Waals surface area contributed by atoms with E-state index in [4.69, 9.17) is 11.1 Å². The van der Waals surface area contributed by atoms with Gasteiger partial charge in [-0.2, -0.15) is 11.1 Å². The summed E-state index contributed by atoms with van der Waals surface area (Å²) in [6.07, 6.45) is 0. The van der Waals surface area contributed by atoms with Crippen molar-refractivity contribution < 1.29 is 0 Å². The Bertz CT molecular complexity index is 491. The predicted octanol–water partition coefficient (Wildman–Crippen LogP) is 7.20. The summed E-state index contributed by atoms with van der Waals surface area (Å²) in [7, 11) is -1.24. The topological polar surface area (TPSA) is 0 Å². The largest absolute Gasteiger partial charge is 0.172 e. The van der Waals surface area contributed by atoms with Crippen LogP contribution in [0.15, 0.2) is 61.9 Å². The Kier molecular flexibility index (Phi) is 16.7. The molecule has 0 atom stereocenters. The van der Waals surface area contributed by atoms with E-state index in [-0.39, 0.29) is 7.43 Å². The van der Waals surface area contributed by atoms with Crippen LogP contribution in [0.2, 0.25) is 26.2 Å². The van der Waals surface area contributed by atoms with Gasteiger partial charge in [0, 0.05) is 13.4 Å². The molecule has 2 rings (SSSR count). The average molecular weight is 562 g/mol. The second-order valence-electron chi connectivity index (χ2n) is 5.16. The summed E-state index contributed by atoms with van der Waals surface area (Å²) >= 11 is 15.5. The third-order valence-electron chi connectivity index (χ3n) is 2.34. The van der Waals surface area contributed by atoms with Gasteiger partial charge in [-0.1, -0.05) is 98.7 Å². The third kappa shape index (κ3) is 15.9. The van der Waals surface area contributed by atoms with E-state index >= 15 is 0 Å². The van der Waals surface area contributed by atoms with Gasteiger partial charge < -0.3 is 0 Å². The molecule has 0 aliphatic heterocycles. The molecule has 0 fully saturated rings. The Morgan fingerprint density at radius 2 is 0.870 bits per heavy atom. The van der Waals surface area contributed by atoms with Gasteiger partial charge in [-0.25, -0.2) is 0 Å². The van der Waals surface area contributed by atoms with E-state index in [9.17, 15) is 0 Å². The summed E-state index contributed by atoms with van der Waals surface area (Å²) in [4.78, 5) is 0. The van der Waals surface area contributed by atoms with Gasteiger partial charge in [0.25, 0.3) is 0 Å². The van der Waals surface area contributed by atoms with Crippen molar-refractivity contribution in [2.45, 2.75) is 33.6 Å². The summed E-state index contributed by atoms with van der Waals surface area (Å²) in [6, 6.07) is 16.6. The van der Waals surface area contributed by atoms with Crippen LogP contribution in [0.5, 0.6) is 0 Å². The van der Waals surface area contributed by atoms with Crippen LogP contribution in [0.25, 0.3) is 0 Å². The zero-order valence-electron chi connectivity index (χ0n) is 13.3. The van der Waals surface area contributed by atoms with Gasteiger partial charge in [0.15, 0.2) is 0 Å². The molecule has 0 saturated heterocycles. The highest BCUT2D eigenvalue weighted by molar-refractivity contribution is 9.11. The highest BCUT2D eigenvalue weighted by atomic mass is 79.9. The highest BCUT2D eigenvalue weighted by Gasteiger charge is 1.97. The average Bonchev–Trinajstić information content (AvgIpc) is 2.43. The molecule has 0 spiro atoms. The third-order valence-corrected chi connectivity index (χ3v) is 5.64. The Morgan fingerprint density at radius 1 is 0.652 bits per heavy atom. The Hall–Kier alpha value is 0.604. The molecule has 0 amide bonds. The normalized spacial score (nSPS) is 9.30. The maximum Gasteiger partial charge on any atom is 0.134 e. The van der Waals surface area contributed by atoms with Crippen LogP contribution in [0.1, 0.15) is 7.43 Å². The van der Waals surface area contributed by atoms with E-state index in [0.29, 0.717) is 0 Å². The second kappa shape index (κ2) is 14.9. The zero-order valence-corrected chi connectivity index (χ0v) is 21.1. The maximum absolute atomic E-state index is 5.41. The monoisotopic (exact) mass is 558 g/mol. The van der Waals surface area contributed by atoms with E-state index < -0.39 is 16.9 Å². The number of hydrogen-bond donors (Lipinski definition) is 0. The molecule has 0 aromatic heterocycles. The van der Waals surface area contributed by atoms with Crippen molar-refractivity contribution in [1.82, 2.24) is 0 Å². The second-order valence-corrected chi connectivity index (χ2v) is 15.5. The van der Waals surface area contributed by atoms with Crippen molar-refractivity contribution in [1.29, 1.82) is 0 Å². The van der Waals surface area contributed by atoms with Gasteiger partial charge in [0.1, 0.15) is 8.11 Å². The molecular weight excluding hydrogens is 536 g/mol. The molecule has 0 unspecified atom stereocenters. The lowest BCUT2D eigenvalue weighted by molar-refractivity contribution is 1.61.